The number of carbonyl (C=O) groups excluding carboxylic acids is 2. The number of hydrogen-bond donors (Lipinski definition) is 2. The summed E-state index contributed by atoms with van der Waals surface area (Å²) in [5, 5.41) is 0. The molecule has 71 heavy (non-hydrogen) atoms. The highest BCUT2D eigenvalue weighted by molar-refractivity contribution is 7.47. The van der Waals surface area contributed by atoms with Crippen molar-refractivity contribution in [3.63, 3.8) is 0 Å². The predicted octanol–water partition coefficient (Wildman–Crippen LogP) is 19.9. The molecular formula is C61H122NO8P. The maximum Gasteiger partial charge on any atom is 0.472 e. The highest BCUT2D eigenvalue weighted by Gasteiger charge is 2.26. The molecule has 0 fully saturated rings. The van der Waals surface area contributed by atoms with Crippen molar-refractivity contribution in [3.8, 4) is 0 Å². The van der Waals surface area contributed by atoms with Gasteiger partial charge in [-0.05, 0) is 12.8 Å². The Morgan fingerprint density at radius 1 is 0.366 bits per heavy atom. The molecule has 0 aromatic rings. The highest BCUT2D eigenvalue weighted by Crippen LogP contribution is 2.43. The SMILES string of the molecule is CCCCCCCCCCCCCCCCCCCCCCCCCCCCCCCCCCCCCCCCCCCC(=O)OC(COC(=O)CCCCCCCCCCC)COP(=O)(O)OCCN. The molecule has 0 heterocycles. The Hall–Kier alpha value is -0.990. The van der Waals surface area contributed by atoms with E-state index < -0.39 is 26.5 Å². The van der Waals surface area contributed by atoms with Gasteiger partial charge in [-0.1, -0.05) is 322 Å². The summed E-state index contributed by atoms with van der Waals surface area (Å²) in [6, 6.07) is 0. The number of unbranched alkanes of at least 4 members (excludes halogenated alkanes) is 48. The molecule has 9 nitrogen and oxygen atoms in total. The molecule has 2 atom stereocenters. The van der Waals surface area contributed by atoms with Crippen LogP contribution in [-0.2, 0) is 32.7 Å². The molecule has 0 aromatic heterocycles. The van der Waals surface area contributed by atoms with Crippen LogP contribution in [0.25, 0.3) is 0 Å². The van der Waals surface area contributed by atoms with E-state index in [1.54, 1.807) is 0 Å². The van der Waals surface area contributed by atoms with E-state index in [1.165, 1.54) is 283 Å². The van der Waals surface area contributed by atoms with Crippen LogP contribution in [0.2, 0.25) is 0 Å². The van der Waals surface area contributed by atoms with Gasteiger partial charge in [-0.25, -0.2) is 4.57 Å². The van der Waals surface area contributed by atoms with Gasteiger partial charge >= 0.3 is 19.8 Å². The van der Waals surface area contributed by atoms with Gasteiger partial charge < -0.3 is 20.1 Å². The lowest BCUT2D eigenvalue weighted by Gasteiger charge is -2.19. The highest BCUT2D eigenvalue weighted by atomic mass is 31.2. The van der Waals surface area contributed by atoms with Gasteiger partial charge in [0.05, 0.1) is 13.2 Å². The predicted molar refractivity (Wildman–Crippen MR) is 303 cm³/mol. The number of rotatable bonds is 61. The molecule has 0 saturated carbocycles. The van der Waals surface area contributed by atoms with Crippen LogP contribution in [0.4, 0.5) is 0 Å². The van der Waals surface area contributed by atoms with Gasteiger partial charge in [0.25, 0.3) is 0 Å². The molecule has 2 unspecified atom stereocenters. The van der Waals surface area contributed by atoms with Crippen LogP contribution in [-0.4, -0.2) is 49.3 Å². The van der Waals surface area contributed by atoms with Gasteiger partial charge in [0.2, 0.25) is 0 Å². The minimum atomic E-state index is -4.37. The third-order valence-electron chi connectivity index (χ3n) is 14.5. The van der Waals surface area contributed by atoms with E-state index >= 15 is 0 Å². The molecule has 0 aromatic carbocycles. The molecule has 424 valence electrons. The summed E-state index contributed by atoms with van der Waals surface area (Å²) in [6.07, 6.45) is 66.7. The number of hydrogen-bond acceptors (Lipinski definition) is 8. The van der Waals surface area contributed by atoms with Crippen LogP contribution in [0.5, 0.6) is 0 Å². The first-order chi connectivity index (χ1) is 34.8. The van der Waals surface area contributed by atoms with Crippen molar-refractivity contribution in [2.75, 3.05) is 26.4 Å². The average molecular weight is 1030 g/mol. The average Bonchev–Trinajstić information content (AvgIpc) is 3.36. The zero-order valence-corrected chi connectivity index (χ0v) is 48.4. The summed E-state index contributed by atoms with van der Waals surface area (Å²) in [5.41, 5.74) is 5.36. The molecule has 3 N–H and O–H groups in total. The molecule has 0 radical (unpaired) electrons. The second kappa shape index (κ2) is 58.3. The first-order valence-corrected chi connectivity index (χ1v) is 33.0. The molecule has 0 spiro atoms. The lowest BCUT2D eigenvalue weighted by Crippen LogP contribution is -2.29. The third kappa shape index (κ3) is 58.1. The molecule has 0 aliphatic heterocycles. The number of esters is 2. The van der Waals surface area contributed by atoms with Crippen LogP contribution in [0.1, 0.15) is 348 Å². The summed E-state index contributed by atoms with van der Waals surface area (Å²) in [7, 11) is -4.37. The van der Waals surface area contributed by atoms with Gasteiger partial charge in [0.1, 0.15) is 6.61 Å². The maximum atomic E-state index is 12.6. The van der Waals surface area contributed by atoms with Crippen LogP contribution < -0.4 is 5.73 Å². The Balaban J connectivity index is 3.60. The van der Waals surface area contributed by atoms with Crippen molar-refractivity contribution in [3.05, 3.63) is 0 Å². The quantitative estimate of drug-likeness (QED) is 0.0347. The Labute approximate surface area is 441 Å². The number of nitrogens with two attached hydrogens (primary N) is 1. The molecular weight excluding hydrogens is 906 g/mol. The molecule has 0 aliphatic rings. The van der Waals surface area contributed by atoms with E-state index in [0.29, 0.717) is 6.42 Å². The van der Waals surface area contributed by atoms with Crippen LogP contribution in [0, 0.1) is 0 Å². The van der Waals surface area contributed by atoms with Gasteiger partial charge in [-0.3, -0.25) is 18.6 Å². The number of ether oxygens (including phenoxy) is 2. The van der Waals surface area contributed by atoms with Crippen molar-refractivity contribution in [2.24, 2.45) is 5.73 Å². The van der Waals surface area contributed by atoms with E-state index in [1.807, 2.05) is 0 Å². The summed E-state index contributed by atoms with van der Waals surface area (Å²) in [6.45, 7) is 3.77. The Morgan fingerprint density at radius 2 is 0.606 bits per heavy atom. The maximum absolute atomic E-state index is 12.6. The third-order valence-corrected chi connectivity index (χ3v) is 15.5. The van der Waals surface area contributed by atoms with Crippen molar-refractivity contribution in [1.82, 2.24) is 0 Å². The normalized spacial score (nSPS) is 12.9. The molecule has 0 amide bonds. The van der Waals surface area contributed by atoms with Gasteiger partial charge in [0, 0.05) is 19.4 Å². The van der Waals surface area contributed by atoms with Gasteiger partial charge in [-0.15, -0.1) is 0 Å². The molecule has 0 aliphatic carbocycles. The lowest BCUT2D eigenvalue weighted by molar-refractivity contribution is -0.161. The zero-order valence-electron chi connectivity index (χ0n) is 47.5. The molecule has 10 heteroatoms. The minimum absolute atomic E-state index is 0.0581. The summed E-state index contributed by atoms with van der Waals surface area (Å²) < 4.78 is 32.9. The van der Waals surface area contributed by atoms with Crippen molar-refractivity contribution in [2.45, 2.75) is 354 Å². The molecule has 0 saturated heterocycles. The number of phosphoric acid groups is 1. The van der Waals surface area contributed by atoms with Crippen LogP contribution in [0.3, 0.4) is 0 Å². The second-order valence-electron chi connectivity index (χ2n) is 21.7. The fourth-order valence-corrected chi connectivity index (χ4v) is 10.6. The number of carbonyl (C=O) groups is 2. The van der Waals surface area contributed by atoms with Crippen LogP contribution >= 0.6 is 7.82 Å². The first-order valence-electron chi connectivity index (χ1n) is 31.5. The Bertz CT molecular complexity index is 1130. The fraction of sp³-hybridized carbons (Fsp3) is 0.967. The first kappa shape index (κ1) is 70.0. The van der Waals surface area contributed by atoms with E-state index in [2.05, 4.69) is 13.8 Å². The van der Waals surface area contributed by atoms with Crippen molar-refractivity contribution < 1.29 is 37.6 Å². The van der Waals surface area contributed by atoms with E-state index in [0.717, 1.165) is 32.1 Å². The lowest BCUT2D eigenvalue weighted by atomic mass is 10.0. The smallest absolute Gasteiger partial charge is 0.462 e. The van der Waals surface area contributed by atoms with Gasteiger partial charge in [0.15, 0.2) is 6.10 Å². The van der Waals surface area contributed by atoms with Crippen molar-refractivity contribution in [1.29, 1.82) is 0 Å². The standard InChI is InChI=1S/C61H122NO8P/c1-3-5-7-9-11-13-14-15-16-17-18-19-20-21-22-23-24-25-26-27-28-29-30-31-32-33-34-35-36-37-38-39-40-41-42-43-44-46-48-50-52-54-61(64)70-59(58-69-71(65,66)68-56-55-62)57-67-60(63)53-51-49-47-45-12-10-8-6-4-2/h59H,3-58,62H2,1-2H3,(H,65,66). The fourth-order valence-electron chi connectivity index (χ4n) is 9.82. The summed E-state index contributed by atoms with van der Waals surface area (Å²) in [5.74, 6) is -0.811. The van der Waals surface area contributed by atoms with E-state index in [-0.39, 0.29) is 38.6 Å². The summed E-state index contributed by atoms with van der Waals surface area (Å²) in [4.78, 5) is 34.9. The minimum Gasteiger partial charge on any atom is -0.462 e. The summed E-state index contributed by atoms with van der Waals surface area (Å²) >= 11 is 0. The van der Waals surface area contributed by atoms with Crippen molar-refractivity contribution >= 4 is 19.8 Å². The zero-order chi connectivity index (χ0) is 51.7. The second-order valence-corrected chi connectivity index (χ2v) is 23.1. The van der Waals surface area contributed by atoms with Gasteiger partial charge in [-0.2, -0.15) is 0 Å². The number of phosphoric ester groups is 1. The molecule has 0 bridgehead atoms. The van der Waals surface area contributed by atoms with Crippen LogP contribution in [0.15, 0.2) is 0 Å². The van der Waals surface area contributed by atoms with E-state index in [9.17, 15) is 19.0 Å². The van der Waals surface area contributed by atoms with E-state index in [4.69, 9.17) is 24.3 Å². The largest absolute Gasteiger partial charge is 0.472 e. The Kier molecular flexibility index (Phi) is 57.5. The molecule has 0 rings (SSSR count). The monoisotopic (exact) mass is 1030 g/mol. The topological polar surface area (TPSA) is 134 Å². The Morgan fingerprint density at radius 3 is 0.859 bits per heavy atom.